The van der Waals surface area contributed by atoms with Crippen LogP contribution in [0.3, 0.4) is 0 Å². The van der Waals surface area contributed by atoms with E-state index in [2.05, 4.69) is 0 Å². The van der Waals surface area contributed by atoms with E-state index in [0.717, 1.165) is 0 Å². The summed E-state index contributed by atoms with van der Waals surface area (Å²) in [6.45, 7) is -1.60. The number of hydrogen-bond acceptors (Lipinski definition) is 15. The lowest BCUT2D eigenvalue weighted by Gasteiger charge is -2.40. The van der Waals surface area contributed by atoms with E-state index in [1.165, 1.54) is 50.8 Å². The van der Waals surface area contributed by atoms with Crippen LogP contribution in [0, 0.1) is 0 Å². The highest BCUT2D eigenvalue weighted by molar-refractivity contribution is 5.91. The molecule has 2 aromatic carbocycles. The molecule has 2 fully saturated rings. The summed E-state index contributed by atoms with van der Waals surface area (Å²) < 4.78 is 37.8. The first-order valence-corrected chi connectivity index (χ1v) is 13.1. The maximum absolute atomic E-state index is 13.3. The van der Waals surface area contributed by atoms with Gasteiger partial charge >= 0.3 is 0 Å². The first-order valence-electron chi connectivity index (χ1n) is 13.1. The van der Waals surface area contributed by atoms with E-state index in [4.69, 9.17) is 32.8 Å². The summed E-state index contributed by atoms with van der Waals surface area (Å²) in [7, 11) is 2.70. The van der Waals surface area contributed by atoms with E-state index in [9.17, 15) is 40.5 Å². The van der Waals surface area contributed by atoms with Gasteiger partial charge in [0, 0.05) is 6.07 Å². The minimum absolute atomic E-state index is 0.0242. The van der Waals surface area contributed by atoms with Crippen LogP contribution in [0.1, 0.15) is 0 Å². The molecule has 0 unspecified atom stereocenters. The van der Waals surface area contributed by atoms with Crippen LogP contribution < -0.4 is 19.6 Å². The van der Waals surface area contributed by atoms with Crippen LogP contribution in [0.4, 0.5) is 0 Å². The molecule has 234 valence electrons. The van der Waals surface area contributed by atoms with Crippen molar-refractivity contribution < 1.29 is 68.6 Å². The van der Waals surface area contributed by atoms with Gasteiger partial charge in [-0.25, -0.2) is 0 Å². The Hall–Kier alpha value is -3.51. The summed E-state index contributed by atoms with van der Waals surface area (Å²) in [4.78, 5) is 13.3. The Balaban J connectivity index is 1.30. The van der Waals surface area contributed by atoms with Crippen LogP contribution in [0.15, 0.2) is 45.8 Å². The largest absolute Gasteiger partial charge is 0.504 e. The van der Waals surface area contributed by atoms with Crippen LogP contribution in [0.5, 0.6) is 23.0 Å². The number of rotatable bonds is 9. The summed E-state index contributed by atoms with van der Waals surface area (Å²) in [5, 5.41) is 71.3. The molecule has 7 N–H and O–H groups in total. The van der Waals surface area contributed by atoms with E-state index in [1.54, 1.807) is 0 Å². The fourth-order valence-corrected chi connectivity index (χ4v) is 4.90. The minimum Gasteiger partial charge on any atom is -0.504 e. The van der Waals surface area contributed by atoms with Crippen LogP contribution in [0.25, 0.3) is 22.1 Å². The van der Waals surface area contributed by atoms with Gasteiger partial charge < -0.3 is 68.6 Å². The molecule has 2 saturated heterocycles. The third-order valence-corrected chi connectivity index (χ3v) is 7.47. The van der Waals surface area contributed by atoms with Crippen molar-refractivity contribution in [3.63, 3.8) is 0 Å². The Morgan fingerprint density at radius 1 is 1.00 bits per heavy atom. The first kappa shape index (κ1) is 30.9. The average Bonchev–Trinajstić information content (AvgIpc) is 3.30. The molecule has 0 spiro atoms. The topological polar surface area (TPSA) is 227 Å². The van der Waals surface area contributed by atoms with Crippen molar-refractivity contribution in [2.75, 3.05) is 34.0 Å². The zero-order valence-electron chi connectivity index (χ0n) is 23.0. The number of ether oxygens (including phenoxy) is 6. The fraction of sp³-hybridized carbons (Fsp3) is 0.464. The second kappa shape index (κ2) is 12.2. The number of aliphatic hydroxyl groups is 6. The second-order valence-electron chi connectivity index (χ2n) is 10.2. The highest BCUT2D eigenvalue weighted by atomic mass is 16.7. The Morgan fingerprint density at radius 3 is 2.35 bits per heavy atom. The predicted molar refractivity (Wildman–Crippen MR) is 144 cm³/mol. The van der Waals surface area contributed by atoms with Crippen molar-refractivity contribution in [1.82, 2.24) is 0 Å². The highest BCUT2D eigenvalue weighted by Crippen LogP contribution is 2.42. The smallest absolute Gasteiger partial charge is 0.229 e. The van der Waals surface area contributed by atoms with Crippen molar-refractivity contribution in [3.8, 4) is 34.1 Å². The molecule has 2 aliphatic rings. The molecule has 43 heavy (non-hydrogen) atoms. The van der Waals surface area contributed by atoms with Gasteiger partial charge in [0.15, 0.2) is 17.8 Å². The zero-order chi connectivity index (χ0) is 31.1. The summed E-state index contributed by atoms with van der Waals surface area (Å²) in [5.74, 6) is -0.114. The lowest BCUT2D eigenvalue weighted by atomic mass is 9.99. The number of hydrogen-bond donors (Lipinski definition) is 7. The molecule has 15 heteroatoms. The van der Waals surface area contributed by atoms with Gasteiger partial charge in [0.1, 0.15) is 59.1 Å². The van der Waals surface area contributed by atoms with Gasteiger partial charge in [-0.2, -0.15) is 0 Å². The molecule has 0 bridgehead atoms. The molecular formula is C28H32O15. The standard InChI is InChI=1S/C28H32O15/c1-37-16-7-15-18(21(32)24(16)38-2)19(30)14(8-39-15)12-3-5-13(6-4-12)42-26-23(34)22(33)20(31)17(43-26)9-40-27-25(35)28(36,10-29)11-41-27/h3-8,17,20,22-23,25-27,29,31-36H,9-11H2,1-2H3/t17-,20-,22+,23-,25+,26-,27-,28-/m1/s1. The van der Waals surface area contributed by atoms with Gasteiger partial charge in [-0.1, -0.05) is 12.1 Å². The molecule has 3 heterocycles. The Morgan fingerprint density at radius 2 is 1.72 bits per heavy atom. The van der Waals surface area contributed by atoms with Gasteiger partial charge in [-0.3, -0.25) is 4.79 Å². The molecule has 8 atom stereocenters. The number of aromatic hydroxyl groups is 1. The van der Waals surface area contributed by atoms with E-state index in [-0.39, 0.29) is 33.8 Å². The van der Waals surface area contributed by atoms with Crippen LogP contribution >= 0.6 is 0 Å². The molecule has 0 saturated carbocycles. The lowest BCUT2D eigenvalue weighted by molar-refractivity contribution is -0.289. The number of phenolic OH excluding ortho intramolecular Hbond substituents is 1. The monoisotopic (exact) mass is 608 g/mol. The second-order valence-corrected chi connectivity index (χ2v) is 10.2. The van der Waals surface area contributed by atoms with Gasteiger partial charge in [0.2, 0.25) is 17.5 Å². The van der Waals surface area contributed by atoms with E-state index < -0.39 is 79.7 Å². The number of benzene rings is 2. The maximum atomic E-state index is 13.3. The molecule has 0 radical (unpaired) electrons. The fourth-order valence-electron chi connectivity index (χ4n) is 4.90. The zero-order valence-corrected chi connectivity index (χ0v) is 23.0. The summed E-state index contributed by atoms with van der Waals surface area (Å²) in [6, 6.07) is 7.39. The molecule has 3 aromatic rings. The van der Waals surface area contributed by atoms with Crippen LogP contribution in [-0.4, -0.2) is 118 Å². The minimum atomic E-state index is -1.92. The van der Waals surface area contributed by atoms with Crippen molar-refractivity contribution in [2.24, 2.45) is 0 Å². The van der Waals surface area contributed by atoms with Crippen molar-refractivity contribution >= 4 is 11.0 Å². The average molecular weight is 609 g/mol. The van der Waals surface area contributed by atoms with Gasteiger partial charge in [-0.15, -0.1) is 0 Å². The lowest BCUT2D eigenvalue weighted by Crippen LogP contribution is -2.60. The molecular weight excluding hydrogens is 576 g/mol. The highest BCUT2D eigenvalue weighted by Gasteiger charge is 2.50. The molecule has 5 rings (SSSR count). The van der Waals surface area contributed by atoms with Crippen LogP contribution in [-0.2, 0) is 14.2 Å². The third kappa shape index (κ3) is 5.62. The normalized spacial score (nSPS) is 30.8. The number of methoxy groups -OCH3 is 2. The number of fused-ring (bicyclic) bond motifs is 1. The Bertz CT molecular complexity index is 1490. The predicted octanol–water partition coefficient (Wildman–Crippen LogP) is -1.17. The van der Waals surface area contributed by atoms with Crippen molar-refractivity contribution in [1.29, 1.82) is 0 Å². The summed E-state index contributed by atoms with van der Waals surface area (Å²) in [5.41, 5.74) is -1.84. The molecule has 0 aliphatic carbocycles. The van der Waals surface area contributed by atoms with Gasteiger partial charge in [0.25, 0.3) is 0 Å². The third-order valence-electron chi connectivity index (χ3n) is 7.47. The summed E-state index contributed by atoms with van der Waals surface area (Å²) >= 11 is 0. The SMILES string of the molecule is COc1cc2occ(-c3ccc(O[C@@H]4O[C@H](CO[C@@H]5OC[C@](O)(CO)[C@H]5O)[C@@H](O)[C@H](O)[C@H]4O)cc3)c(=O)c2c(O)c1OC. The quantitative estimate of drug-likeness (QED) is 0.152. The molecule has 1 aromatic heterocycles. The van der Waals surface area contributed by atoms with Gasteiger partial charge in [0.05, 0.1) is 39.6 Å². The molecule has 2 aliphatic heterocycles. The Labute approximate surface area is 243 Å². The first-order chi connectivity index (χ1) is 20.5. The van der Waals surface area contributed by atoms with Crippen LogP contribution in [0.2, 0.25) is 0 Å². The van der Waals surface area contributed by atoms with Crippen molar-refractivity contribution in [3.05, 3.63) is 46.8 Å². The van der Waals surface area contributed by atoms with E-state index in [1.807, 2.05) is 0 Å². The van der Waals surface area contributed by atoms with Crippen molar-refractivity contribution in [2.45, 2.75) is 48.7 Å². The number of aliphatic hydroxyl groups excluding tert-OH is 5. The van der Waals surface area contributed by atoms with E-state index in [0.29, 0.717) is 5.56 Å². The maximum Gasteiger partial charge on any atom is 0.229 e. The van der Waals surface area contributed by atoms with Gasteiger partial charge in [-0.05, 0) is 17.7 Å². The van der Waals surface area contributed by atoms with E-state index >= 15 is 0 Å². The Kier molecular flexibility index (Phi) is 8.80. The molecule has 15 nitrogen and oxygen atoms in total. The number of phenols is 1. The summed E-state index contributed by atoms with van der Waals surface area (Å²) in [6.07, 6.45) is -9.37. The molecule has 0 amide bonds.